The van der Waals surface area contributed by atoms with E-state index < -0.39 is 0 Å². The summed E-state index contributed by atoms with van der Waals surface area (Å²) in [4.78, 5) is 11.4. The molecule has 0 aliphatic carbocycles. The van der Waals surface area contributed by atoms with Gasteiger partial charge >= 0.3 is 0 Å². The maximum atomic E-state index is 13.3. The molecule has 82 valence electrons. The van der Waals surface area contributed by atoms with Crippen LogP contribution in [0.3, 0.4) is 0 Å². The van der Waals surface area contributed by atoms with E-state index in [4.69, 9.17) is 5.73 Å². The van der Waals surface area contributed by atoms with Gasteiger partial charge in [0, 0.05) is 17.3 Å². The van der Waals surface area contributed by atoms with Crippen molar-refractivity contribution >= 4 is 21.7 Å². The second-order valence-electron chi connectivity index (χ2n) is 3.34. The number of ketones is 1. The molecular weight excluding hydrogens is 261 g/mol. The van der Waals surface area contributed by atoms with Crippen molar-refractivity contribution in [3.05, 3.63) is 34.1 Å². The Morgan fingerprint density at radius 1 is 1.47 bits per heavy atom. The van der Waals surface area contributed by atoms with Crippen molar-refractivity contribution in [2.75, 3.05) is 6.54 Å². The third-order valence-electron chi connectivity index (χ3n) is 2.06. The third kappa shape index (κ3) is 4.10. The van der Waals surface area contributed by atoms with E-state index in [1.165, 1.54) is 6.07 Å². The highest BCUT2D eigenvalue weighted by Crippen LogP contribution is 2.16. The Labute approximate surface area is 96.8 Å². The number of carbonyl (C=O) groups is 1. The predicted molar refractivity (Wildman–Crippen MR) is 61.1 cm³/mol. The summed E-state index contributed by atoms with van der Waals surface area (Å²) in [6.07, 6.45) is 1.24. The van der Waals surface area contributed by atoms with Crippen molar-refractivity contribution in [1.82, 2.24) is 0 Å². The summed E-state index contributed by atoms with van der Waals surface area (Å²) < 4.78 is 14.0. The highest BCUT2D eigenvalue weighted by atomic mass is 79.9. The van der Waals surface area contributed by atoms with Crippen LogP contribution in [0.1, 0.15) is 18.4 Å². The molecule has 2 N–H and O–H groups in total. The van der Waals surface area contributed by atoms with Crippen LogP contribution in [0.4, 0.5) is 4.39 Å². The monoisotopic (exact) mass is 273 g/mol. The lowest BCUT2D eigenvalue weighted by Gasteiger charge is -2.02. The molecule has 0 unspecified atom stereocenters. The minimum Gasteiger partial charge on any atom is -0.330 e. The second-order valence-corrected chi connectivity index (χ2v) is 4.26. The molecule has 1 rings (SSSR count). The number of benzene rings is 1. The first-order chi connectivity index (χ1) is 7.13. The fraction of sp³-hybridized carbons (Fsp3) is 0.364. The van der Waals surface area contributed by atoms with Crippen molar-refractivity contribution in [3.63, 3.8) is 0 Å². The Hall–Kier alpha value is -0.740. The van der Waals surface area contributed by atoms with Crippen molar-refractivity contribution in [2.45, 2.75) is 19.3 Å². The molecule has 0 fully saturated rings. The molecule has 0 aliphatic rings. The van der Waals surface area contributed by atoms with Crippen molar-refractivity contribution in [2.24, 2.45) is 5.73 Å². The predicted octanol–water partition coefficient (Wildman–Crippen LogP) is 2.44. The molecule has 0 bridgehead atoms. The molecule has 0 aliphatic heterocycles. The van der Waals surface area contributed by atoms with Gasteiger partial charge in [-0.25, -0.2) is 4.39 Å². The minimum absolute atomic E-state index is 0.0293. The first-order valence-electron chi connectivity index (χ1n) is 4.79. The SMILES string of the molecule is NCCCC(=O)Cc1ccc(Br)cc1F. The van der Waals surface area contributed by atoms with Crippen LogP contribution >= 0.6 is 15.9 Å². The van der Waals surface area contributed by atoms with Crippen LogP contribution in [-0.4, -0.2) is 12.3 Å². The van der Waals surface area contributed by atoms with E-state index in [2.05, 4.69) is 15.9 Å². The van der Waals surface area contributed by atoms with Gasteiger partial charge in [0.2, 0.25) is 0 Å². The van der Waals surface area contributed by atoms with E-state index in [-0.39, 0.29) is 18.0 Å². The van der Waals surface area contributed by atoms with Crippen LogP contribution in [0.2, 0.25) is 0 Å². The first kappa shape index (κ1) is 12.3. The smallest absolute Gasteiger partial charge is 0.137 e. The number of rotatable bonds is 5. The normalized spacial score (nSPS) is 10.3. The maximum Gasteiger partial charge on any atom is 0.137 e. The first-order valence-corrected chi connectivity index (χ1v) is 5.58. The van der Waals surface area contributed by atoms with Gasteiger partial charge in [-0.3, -0.25) is 4.79 Å². The summed E-state index contributed by atoms with van der Waals surface area (Å²) in [6, 6.07) is 4.72. The average Bonchev–Trinajstić information content (AvgIpc) is 2.19. The molecular formula is C11H13BrFNO. The van der Waals surface area contributed by atoms with Crippen LogP contribution in [0.15, 0.2) is 22.7 Å². The zero-order valence-corrected chi connectivity index (χ0v) is 9.89. The third-order valence-corrected chi connectivity index (χ3v) is 2.56. The Bertz CT molecular complexity index is 354. The number of nitrogens with two attached hydrogens (primary N) is 1. The summed E-state index contributed by atoms with van der Waals surface area (Å²) in [6.45, 7) is 0.495. The number of hydrogen-bond donors (Lipinski definition) is 1. The standard InChI is InChI=1S/C11H13BrFNO/c12-9-4-3-8(11(13)7-9)6-10(15)2-1-5-14/h3-4,7H,1-2,5-6,14H2. The Morgan fingerprint density at radius 2 is 2.20 bits per heavy atom. The van der Waals surface area contributed by atoms with Gasteiger partial charge in [0.15, 0.2) is 0 Å². The highest BCUT2D eigenvalue weighted by molar-refractivity contribution is 9.10. The lowest BCUT2D eigenvalue weighted by molar-refractivity contribution is -0.118. The second kappa shape index (κ2) is 5.98. The largest absolute Gasteiger partial charge is 0.330 e. The van der Waals surface area contributed by atoms with Crippen LogP contribution in [-0.2, 0) is 11.2 Å². The van der Waals surface area contributed by atoms with Crippen LogP contribution in [0.25, 0.3) is 0 Å². The molecule has 2 nitrogen and oxygen atoms in total. The molecule has 0 aromatic heterocycles. The molecule has 15 heavy (non-hydrogen) atoms. The molecule has 1 aromatic carbocycles. The van der Waals surface area contributed by atoms with Gasteiger partial charge in [-0.2, -0.15) is 0 Å². The van der Waals surface area contributed by atoms with Gasteiger partial charge in [0.1, 0.15) is 11.6 Å². The fourth-order valence-electron chi connectivity index (χ4n) is 1.27. The molecule has 0 saturated carbocycles. The topological polar surface area (TPSA) is 43.1 Å². The molecule has 0 saturated heterocycles. The van der Waals surface area contributed by atoms with E-state index in [1.807, 2.05) is 0 Å². The molecule has 0 spiro atoms. The average molecular weight is 274 g/mol. The van der Waals surface area contributed by atoms with E-state index in [0.29, 0.717) is 29.4 Å². The van der Waals surface area contributed by atoms with E-state index in [0.717, 1.165) is 0 Å². The molecule has 0 heterocycles. The maximum absolute atomic E-state index is 13.3. The van der Waals surface area contributed by atoms with Gasteiger partial charge < -0.3 is 5.73 Å². The fourth-order valence-corrected chi connectivity index (χ4v) is 1.60. The van der Waals surface area contributed by atoms with Gasteiger partial charge in [-0.1, -0.05) is 22.0 Å². The van der Waals surface area contributed by atoms with Crippen molar-refractivity contribution < 1.29 is 9.18 Å². The molecule has 0 radical (unpaired) electrons. The van der Waals surface area contributed by atoms with E-state index >= 15 is 0 Å². The van der Waals surface area contributed by atoms with E-state index in [1.54, 1.807) is 12.1 Å². The minimum atomic E-state index is -0.342. The van der Waals surface area contributed by atoms with Crippen molar-refractivity contribution in [3.8, 4) is 0 Å². The van der Waals surface area contributed by atoms with Crippen LogP contribution < -0.4 is 5.73 Å². The van der Waals surface area contributed by atoms with Crippen LogP contribution in [0.5, 0.6) is 0 Å². The Kier molecular flexibility index (Phi) is 4.91. The molecule has 4 heteroatoms. The number of halogens is 2. The Morgan fingerprint density at radius 3 is 2.80 bits per heavy atom. The lowest BCUT2D eigenvalue weighted by atomic mass is 10.1. The highest BCUT2D eigenvalue weighted by Gasteiger charge is 2.08. The number of hydrogen-bond acceptors (Lipinski definition) is 2. The summed E-state index contributed by atoms with van der Waals surface area (Å²) in [5.41, 5.74) is 5.73. The summed E-state index contributed by atoms with van der Waals surface area (Å²) in [5.74, 6) is -0.313. The summed E-state index contributed by atoms with van der Waals surface area (Å²) in [7, 11) is 0. The van der Waals surface area contributed by atoms with Gasteiger partial charge in [0.25, 0.3) is 0 Å². The molecule has 0 amide bonds. The molecule has 0 atom stereocenters. The Balaban J connectivity index is 2.60. The number of carbonyl (C=O) groups excluding carboxylic acids is 1. The molecule has 1 aromatic rings. The summed E-state index contributed by atoms with van der Waals surface area (Å²) in [5, 5.41) is 0. The quantitative estimate of drug-likeness (QED) is 0.896. The lowest BCUT2D eigenvalue weighted by Crippen LogP contribution is -2.08. The zero-order chi connectivity index (χ0) is 11.3. The number of Topliss-reactive ketones (excluding diaryl/α,β-unsaturated/α-hetero) is 1. The van der Waals surface area contributed by atoms with Crippen molar-refractivity contribution in [1.29, 1.82) is 0 Å². The van der Waals surface area contributed by atoms with Gasteiger partial charge in [0.05, 0.1) is 0 Å². The van der Waals surface area contributed by atoms with Gasteiger partial charge in [-0.05, 0) is 30.7 Å². The zero-order valence-electron chi connectivity index (χ0n) is 8.30. The van der Waals surface area contributed by atoms with Crippen LogP contribution in [0, 0.1) is 5.82 Å². The van der Waals surface area contributed by atoms with Gasteiger partial charge in [-0.15, -0.1) is 0 Å². The summed E-state index contributed by atoms with van der Waals surface area (Å²) >= 11 is 3.16. The van der Waals surface area contributed by atoms with E-state index in [9.17, 15) is 9.18 Å².